The Balaban J connectivity index is 3.90. The van der Waals surface area contributed by atoms with E-state index in [-0.39, 0.29) is 0 Å². The third-order valence-corrected chi connectivity index (χ3v) is 4.31. The summed E-state index contributed by atoms with van der Waals surface area (Å²) >= 11 is -2.36. The van der Waals surface area contributed by atoms with Gasteiger partial charge in [0.05, 0.1) is 13.7 Å². The average molecular weight is 298 g/mol. The molecule has 110 valence electrons. The molecule has 0 aromatic heterocycles. The van der Waals surface area contributed by atoms with Crippen LogP contribution in [-0.4, -0.2) is 34.1 Å². The van der Waals surface area contributed by atoms with E-state index in [1.807, 2.05) is 0 Å². The molecule has 0 spiro atoms. The molecular weight excluding hydrogens is 272 g/mol. The van der Waals surface area contributed by atoms with E-state index in [4.69, 9.17) is 8.37 Å². The van der Waals surface area contributed by atoms with Crippen LogP contribution in [-0.2, 0) is 30.5 Å². The maximum Gasteiger partial charge on any atom is 0.155 e. The number of rotatable bonds is 12. The molecule has 0 saturated carbocycles. The Morgan fingerprint density at radius 3 is 2.39 bits per heavy atom. The molecule has 0 radical (unpaired) electrons. The minimum absolute atomic E-state index is 0.485. The summed E-state index contributed by atoms with van der Waals surface area (Å²) in [6, 6.07) is 0. The van der Waals surface area contributed by atoms with Crippen LogP contribution in [0.25, 0.3) is 0 Å². The van der Waals surface area contributed by atoms with Crippen LogP contribution in [0.5, 0.6) is 0 Å². The van der Waals surface area contributed by atoms with Gasteiger partial charge in [0, 0.05) is 12.0 Å². The van der Waals surface area contributed by atoms with Crippen molar-refractivity contribution in [3.8, 4) is 0 Å². The van der Waals surface area contributed by atoms with Gasteiger partial charge in [-0.3, -0.25) is 8.37 Å². The molecule has 3 atom stereocenters. The third-order valence-electron chi connectivity index (χ3n) is 2.87. The summed E-state index contributed by atoms with van der Waals surface area (Å²) in [5, 5.41) is 0. The Morgan fingerprint density at radius 1 is 1.11 bits per heavy atom. The summed E-state index contributed by atoms with van der Waals surface area (Å²) in [7, 11) is 1.46. The molecule has 4 nitrogen and oxygen atoms in total. The molecule has 3 unspecified atom stereocenters. The van der Waals surface area contributed by atoms with Gasteiger partial charge in [-0.2, -0.15) is 0 Å². The Morgan fingerprint density at radius 2 is 1.83 bits per heavy atom. The van der Waals surface area contributed by atoms with E-state index in [9.17, 15) is 8.42 Å². The van der Waals surface area contributed by atoms with Crippen molar-refractivity contribution in [2.45, 2.75) is 45.4 Å². The predicted octanol–water partition coefficient (Wildman–Crippen LogP) is 2.58. The maximum atomic E-state index is 11.2. The van der Waals surface area contributed by atoms with E-state index >= 15 is 0 Å². The van der Waals surface area contributed by atoms with Crippen LogP contribution in [0, 0.1) is 5.92 Å². The lowest BCUT2D eigenvalue weighted by Crippen LogP contribution is -2.11. The fourth-order valence-electron chi connectivity index (χ4n) is 1.79. The minimum atomic E-state index is -1.19. The van der Waals surface area contributed by atoms with Gasteiger partial charge in [0.15, 0.2) is 22.2 Å². The maximum absolute atomic E-state index is 11.2. The highest BCUT2D eigenvalue weighted by Crippen LogP contribution is 2.18. The Bertz CT molecular complexity index is 246. The van der Waals surface area contributed by atoms with Crippen molar-refractivity contribution in [3.05, 3.63) is 0 Å². The van der Waals surface area contributed by atoms with Crippen molar-refractivity contribution in [2.24, 2.45) is 5.92 Å². The molecule has 18 heavy (non-hydrogen) atoms. The number of hydrogen-bond acceptors (Lipinski definition) is 4. The van der Waals surface area contributed by atoms with E-state index in [0.29, 0.717) is 18.3 Å². The number of unbranched alkanes of at least 4 members (excludes halogenated alkanes) is 2. The molecule has 0 aliphatic heterocycles. The van der Waals surface area contributed by atoms with Crippen LogP contribution in [0.15, 0.2) is 0 Å². The molecule has 0 fully saturated rings. The summed E-state index contributed by atoms with van der Waals surface area (Å²) in [5.74, 6) is 1.06. The van der Waals surface area contributed by atoms with E-state index in [2.05, 4.69) is 6.92 Å². The van der Waals surface area contributed by atoms with Gasteiger partial charge < -0.3 is 0 Å². The van der Waals surface area contributed by atoms with Gasteiger partial charge >= 0.3 is 0 Å². The molecule has 0 bridgehead atoms. The SMILES string of the molecule is CCCCCC(CCOS(C)=O)CCS(=O)OC. The first-order valence-corrected chi connectivity index (χ1v) is 9.22. The average Bonchev–Trinajstić information content (AvgIpc) is 2.34. The first-order valence-electron chi connectivity index (χ1n) is 6.49. The molecule has 0 aromatic rings. The molecule has 0 aromatic carbocycles. The summed E-state index contributed by atoms with van der Waals surface area (Å²) < 4.78 is 31.9. The van der Waals surface area contributed by atoms with Crippen LogP contribution >= 0.6 is 0 Å². The molecule has 0 N–H and O–H groups in total. The number of hydrogen-bond donors (Lipinski definition) is 0. The van der Waals surface area contributed by atoms with Gasteiger partial charge in [0.25, 0.3) is 0 Å². The summed E-state index contributed by atoms with van der Waals surface area (Å²) in [5.41, 5.74) is 0. The standard InChI is InChI=1S/C12H26O4S2/c1-4-5-6-7-12(8-10-16-17(3)13)9-11-18(14)15-2/h12H,4-11H2,1-3H3. The van der Waals surface area contributed by atoms with Crippen molar-refractivity contribution in [2.75, 3.05) is 25.7 Å². The fourth-order valence-corrected chi connectivity index (χ4v) is 2.82. The highest BCUT2D eigenvalue weighted by molar-refractivity contribution is 7.80. The topological polar surface area (TPSA) is 52.6 Å². The zero-order valence-corrected chi connectivity index (χ0v) is 13.3. The van der Waals surface area contributed by atoms with Gasteiger partial charge in [0.2, 0.25) is 0 Å². The zero-order valence-electron chi connectivity index (χ0n) is 11.7. The smallest absolute Gasteiger partial charge is 0.155 e. The molecule has 0 amide bonds. The predicted molar refractivity (Wildman–Crippen MR) is 76.9 cm³/mol. The first-order chi connectivity index (χ1) is 8.60. The van der Waals surface area contributed by atoms with Crippen LogP contribution in [0.1, 0.15) is 45.4 Å². The second-order valence-electron chi connectivity index (χ2n) is 4.34. The van der Waals surface area contributed by atoms with Crippen molar-refractivity contribution in [3.63, 3.8) is 0 Å². The summed E-state index contributed by atoms with van der Waals surface area (Å²) in [6.45, 7) is 2.69. The monoisotopic (exact) mass is 298 g/mol. The Hall–Kier alpha value is 0.220. The van der Waals surface area contributed by atoms with Crippen LogP contribution < -0.4 is 0 Å². The second kappa shape index (κ2) is 12.3. The highest BCUT2D eigenvalue weighted by atomic mass is 32.2. The lowest BCUT2D eigenvalue weighted by Gasteiger charge is -2.15. The molecule has 6 heteroatoms. The van der Waals surface area contributed by atoms with E-state index in [0.717, 1.165) is 19.3 Å². The lowest BCUT2D eigenvalue weighted by atomic mass is 9.96. The van der Waals surface area contributed by atoms with Crippen molar-refractivity contribution >= 4 is 22.2 Å². The summed E-state index contributed by atoms with van der Waals surface area (Å²) in [6.07, 6.45) is 8.03. The quantitative estimate of drug-likeness (QED) is 0.520. The van der Waals surface area contributed by atoms with Crippen LogP contribution in [0.2, 0.25) is 0 Å². The largest absolute Gasteiger partial charge is 0.294 e. The van der Waals surface area contributed by atoms with Gasteiger partial charge in [-0.1, -0.05) is 32.6 Å². The van der Waals surface area contributed by atoms with Crippen LogP contribution in [0.3, 0.4) is 0 Å². The molecule has 0 rings (SSSR count). The molecule has 0 heterocycles. The highest BCUT2D eigenvalue weighted by Gasteiger charge is 2.11. The lowest BCUT2D eigenvalue weighted by molar-refractivity contribution is 0.287. The summed E-state index contributed by atoms with van der Waals surface area (Å²) in [4.78, 5) is 0. The van der Waals surface area contributed by atoms with E-state index < -0.39 is 22.2 Å². The van der Waals surface area contributed by atoms with Gasteiger partial charge in [0.1, 0.15) is 0 Å². The third kappa shape index (κ3) is 11.3. The van der Waals surface area contributed by atoms with E-state index in [1.165, 1.54) is 32.6 Å². The van der Waals surface area contributed by atoms with Crippen molar-refractivity contribution in [1.82, 2.24) is 0 Å². The molecule has 0 aliphatic rings. The molecule has 0 saturated heterocycles. The second-order valence-corrected chi connectivity index (χ2v) is 6.72. The zero-order chi connectivity index (χ0) is 13.8. The molecule has 0 aliphatic carbocycles. The van der Waals surface area contributed by atoms with Crippen molar-refractivity contribution in [1.29, 1.82) is 0 Å². The van der Waals surface area contributed by atoms with Gasteiger partial charge in [-0.15, -0.1) is 0 Å². The van der Waals surface area contributed by atoms with Gasteiger partial charge in [-0.05, 0) is 18.8 Å². The van der Waals surface area contributed by atoms with E-state index in [1.54, 1.807) is 0 Å². The van der Waals surface area contributed by atoms with Crippen molar-refractivity contribution < 1.29 is 16.8 Å². The minimum Gasteiger partial charge on any atom is -0.294 e. The normalized spacial score (nSPS) is 16.4. The molecular formula is C12H26O4S2. The first kappa shape index (κ1) is 18.2. The van der Waals surface area contributed by atoms with Gasteiger partial charge in [-0.25, -0.2) is 8.42 Å². The Labute approximate surface area is 116 Å². The Kier molecular flexibility index (Phi) is 12.4. The fraction of sp³-hybridized carbons (Fsp3) is 1.00. The van der Waals surface area contributed by atoms with Crippen LogP contribution in [0.4, 0.5) is 0 Å².